The number of Topliss-reactive ketones (excluding diaryl/α,β-unsaturated/α-hetero) is 1. The number of hydrogen-bond acceptors (Lipinski definition) is 3. The van der Waals surface area contributed by atoms with Gasteiger partial charge in [-0.15, -0.1) is 0 Å². The number of ether oxygens (including phenoxy) is 1. The van der Waals surface area contributed by atoms with Crippen LogP contribution in [0.4, 0.5) is 0 Å². The summed E-state index contributed by atoms with van der Waals surface area (Å²) in [5.74, 6) is 0.0621. The van der Waals surface area contributed by atoms with Gasteiger partial charge in [0.15, 0.2) is 0 Å². The first-order valence-electron chi connectivity index (χ1n) is 6.34. The molecule has 2 rings (SSSR count). The fourth-order valence-electron chi connectivity index (χ4n) is 3.34. The molecule has 2 saturated carbocycles. The summed E-state index contributed by atoms with van der Waals surface area (Å²) in [5, 5.41) is 0. The molecule has 0 amide bonds. The number of methoxy groups -OCH3 is 1. The van der Waals surface area contributed by atoms with E-state index >= 15 is 0 Å². The lowest BCUT2D eigenvalue weighted by molar-refractivity contribution is -0.150. The Balaban J connectivity index is 2.12. The summed E-state index contributed by atoms with van der Waals surface area (Å²) in [7, 11) is 1.38. The summed E-state index contributed by atoms with van der Waals surface area (Å²) in [6.07, 6.45) is 7.63. The number of esters is 1. The lowest BCUT2D eigenvalue weighted by Gasteiger charge is -2.24. The van der Waals surface area contributed by atoms with Gasteiger partial charge < -0.3 is 4.74 Å². The van der Waals surface area contributed by atoms with Gasteiger partial charge in [0.25, 0.3) is 0 Å². The largest absolute Gasteiger partial charge is 0.468 e. The molecule has 0 aromatic heterocycles. The second-order valence-electron chi connectivity index (χ2n) is 5.09. The third-order valence-electron chi connectivity index (χ3n) is 4.16. The molecule has 0 spiro atoms. The first-order valence-corrected chi connectivity index (χ1v) is 6.34. The number of carbonyl (C=O) groups excluding carboxylic acids is 2. The third-order valence-corrected chi connectivity index (χ3v) is 4.16. The maximum absolute atomic E-state index is 11.9. The molecule has 2 aliphatic carbocycles. The average Bonchev–Trinajstić information content (AvgIpc) is 2.54. The quantitative estimate of drug-likeness (QED) is 0.507. The number of fused-ring (bicyclic) bond motifs is 1. The Bertz CT molecular complexity index is 285. The highest BCUT2D eigenvalue weighted by molar-refractivity contribution is 6.01. The molecule has 0 aromatic carbocycles. The highest BCUT2D eigenvalue weighted by Crippen LogP contribution is 2.42. The minimum absolute atomic E-state index is 0.115. The van der Waals surface area contributed by atoms with Gasteiger partial charge in [0.2, 0.25) is 0 Å². The zero-order valence-electron chi connectivity index (χ0n) is 9.91. The maximum atomic E-state index is 11.9. The molecule has 0 aromatic rings. The van der Waals surface area contributed by atoms with Crippen LogP contribution in [-0.4, -0.2) is 18.9 Å². The minimum Gasteiger partial charge on any atom is -0.468 e. The lowest BCUT2D eigenvalue weighted by Crippen LogP contribution is -2.28. The molecule has 3 heteroatoms. The van der Waals surface area contributed by atoms with Gasteiger partial charge >= 0.3 is 5.97 Å². The van der Waals surface area contributed by atoms with Crippen LogP contribution in [0.2, 0.25) is 0 Å². The molecule has 0 unspecified atom stereocenters. The first-order chi connectivity index (χ1) is 7.74. The van der Waals surface area contributed by atoms with Gasteiger partial charge in [0.05, 0.1) is 7.11 Å². The molecule has 0 N–H and O–H groups in total. The van der Waals surface area contributed by atoms with E-state index in [9.17, 15) is 9.59 Å². The topological polar surface area (TPSA) is 43.4 Å². The standard InChI is InChI=1S/C13H20O3/c1-16-13(15)12-10-7-5-3-2-4-6-9(10)8-11(12)14/h9-10,12H,2-8H2,1H3/t9-,10+,12-/m1/s1. The van der Waals surface area contributed by atoms with Crippen LogP contribution < -0.4 is 0 Å². The second-order valence-corrected chi connectivity index (χ2v) is 5.09. The summed E-state index contributed by atoms with van der Waals surface area (Å²) in [6.45, 7) is 0. The van der Waals surface area contributed by atoms with Crippen LogP contribution in [0.25, 0.3) is 0 Å². The van der Waals surface area contributed by atoms with Crippen LogP contribution in [0.15, 0.2) is 0 Å². The van der Waals surface area contributed by atoms with Gasteiger partial charge in [0, 0.05) is 6.42 Å². The molecular weight excluding hydrogens is 204 g/mol. The first kappa shape index (κ1) is 11.6. The van der Waals surface area contributed by atoms with Crippen LogP contribution in [0.5, 0.6) is 0 Å². The van der Waals surface area contributed by atoms with Gasteiger partial charge in [-0.25, -0.2) is 0 Å². The zero-order chi connectivity index (χ0) is 11.5. The molecule has 0 aliphatic heterocycles. The molecule has 16 heavy (non-hydrogen) atoms. The smallest absolute Gasteiger partial charge is 0.316 e. The van der Waals surface area contributed by atoms with Crippen molar-refractivity contribution in [2.45, 2.75) is 44.9 Å². The fraction of sp³-hybridized carbons (Fsp3) is 0.846. The van der Waals surface area contributed by atoms with Crippen molar-refractivity contribution in [3.8, 4) is 0 Å². The van der Waals surface area contributed by atoms with E-state index in [1.54, 1.807) is 0 Å². The molecule has 0 heterocycles. The van der Waals surface area contributed by atoms with Crippen molar-refractivity contribution < 1.29 is 14.3 Å². The van der Waals surface area contributed by atoms with E-state index < -0.39 is 5.92 Å². The zero-order valence-corrected chi connectivity index (χ0v) is 9.91. The number of ketones is 1. The van der Waals surface area contributed by atoms with Crippen molar-refractivity contribution in [1.29, 1.82) is 0 Å². The van der Waals surface area contributed by atoms with Crippen molar-refractivity contribution in [2.24, 2.45) is 17.8 Å². The van der Waals surface area contributed by atoms with E-state index in [4.69, 9.17) is 4.74 Å². The van der Waals surface area contributed by atoms with Crippen LogP contribution >= 0.6 is 0 Å². The monoisotopic (exact) mass is 224 g/mol. The molecule has 2 fully saturated rings. The number of rotatable bonds is 1. The Hall–Kier alpha value is -0.860. The molecule has 0 radical (unpaired) electrons. The van der Waals surface area contributed by atoms with E-state index in [1.165, 1.54) is 26.4 Å². The predicted molar refractivity (Wildman–Crippen MR) is 59.8 cm³/mol. The molecule has 90 valence electrons. The van der Waals surface area contributed by atoms with Crippen LogP contribution in [-0.2, 0) is 14.3 Å². The van der Waals surface area contributed by atoms with Crippen molar-refractivity contribution in [2.75, 3.05) is 7.11 Å². The normalized spacial score (nSPS) is 35.1. The average molecular weight is 224 g/mol. The highest BCUT2D eigenvalue weighted by atomic mass is 16.5. The van der Waals surface area contributed by atoms with Crippen molar-refractivity contribution in [3.05, 3.63) is 0 Å². The Kier molecular flexibility index (Phi) is 3.62. The highest BCUT2D eigenvalue weighted by Gasteiger charge is 2.46. The van der Waals surface area contributed by atoms with Crippen LogP contribution in [0.3, 0.4) is 0 Å². The van der Waals surface area contributed by atoms with Gasteiger partial charge in [-0.1, -0.05) is 25.7 Å². The Morgan fingerprint density at radius 1 is 1.19 bits per heavy atom. The summed E-state index contributed by atoms with van der Waals surface area (Å²) >= 11 is 0. The number of hydrogen-bond donors (Lipinski definition) is 0. The van der Waals surface area contributed by atoms with E-state index in [-0.39, 0.29) is 17.7 Å². The summed E-state index contributed by atoms with van der Waals surface area (Å²) < 4.78 is 4.77. The summed E-state index contributed by atoms with van der Waals surface area (Å²) in [5.41, 5.74) is 0. The van der Waals surface area contributed by atoms with E-state index in [0.29, 0.717) is 12.3 Å². The molecule has 2 aliphatic rings. The second kappa shape index (κ2) is 4.98. The molecule has 0 bridgehead atoms. The van der Waals surface area contributed by atoms with Gasteiger partial charge in [-0.05, 0) is 24.7 Å². The van der Waals surface area contributed by atoms with Crippen LogP contribution in [0.1, 0.15) is 44.9 Å². The van der Waals surface area contributed by atoms with E-state index in [1.807, 2.05) is 0 Å². The molecular formula is C13H20O3. The van der Waals surface area contributed by atoms with E-state index in [2.05, 4.69) is 0 Å². The fourth-order valence-corrected chi connectivity index (χ4v) is 3.34. The molecule has 3 atom stereocenters. The minimum atomic E-state index is -0.451. The summed E-state index contributed by atoms with van der Waals surface area (Å²) in [6, 6.07) is 0. The van der Waals surface area contributed by atoms with Crippen LogP contribution in [0, 0.1) is 17.8 Å². The third kappa shape index (κ3) is 2.13. The van der Waals surface area contributed by atoms with Crippen molar-refractivity contribution in [1.82, 2.24) is 0 Å². The molecule has 0 saturated heterocycles. The Morgan fingerprint density at radius 2 is 1.88 bits per heavy atom. The Labute approximate surface area is 96.5 Å². The van der Waals surface area contributed by atoms with Gasteiger partial charge in [0.1, 0.15) is 11.7 Å². The van der Waals surface area contributed by atoms with Gasteiger partial charge in [-0.3, -0.25) is 9.59 Å². The SMILES string of the molecule is COC(=O)[C@H]1C(=O)C[C@H]2CCCCCC[C@@H]21. The summed E-state index contributed by atoms with van der Waals surface area (Å²) in [4.78, 5) is 23.5. The van der Waals surface area contributed by atoms with Gasteiger partial charge in [-0.2, -0.15) is 0 Å². The van der Waals surface area contributed by atoms with Crippen molar-refractivity contribution in [3.63, 3.8) is 0 Å². The Morgan fingerprint density at radius 3 is 2.56 bits per heavy atom. The number of carbonyl (C=O) groups is 2. The molecule has 3 nitrogen and oxygen atoms in total. The predicted octanol–water partition coefficient (Wildman–Crippen LogP) is 2.33. The van der Waals surface area contributed by atoms with Crippen molar-refractivity contribution >= 4 is 11.8 Å². The maximum Gasteiger partial charge on any atom is 0.316 e. The van der Waals surface area contributed by atoms with E-state index in [0.717, 1.165) is 19.3 Å². The lowest BCUT2D eigenvalue weighted by atomic mass is 9.80.